The predicted octanol–water partition coefficient (Wildman–Crippen LogP) is 6.18. The third-order valence-corrected chi connectivity index (χ3v) is 15.1. The van der Waals surface area contributed by atoms with E-state index in [9.17, 15) is 24.9 Å². The van der Waals surface area contributed by atoms with Crippen LogP contribution in [0.3, 0.4) is 0 Å². The van der Waals surface area contributed by atoms with Crippen molar-refractivity contribution in [1.82, 2.24) is 0 Å². The molecule has 0 spiro atoms. The standard InChI is InChI=1S/C40H50O6/c1-4-40(45)16-13-32-28-8-6-23-18-26(42)21-33(37(23)30(28)12-15-39(32,40)3)46-35(44)20-24-19-25(41)17-22-5-7-27-29(36(22)24)11-14-38(2)31(27)9-10-34(38)43/h1,17-19,27-34,37,41,43,45H,5-16,20-21H2,2-3H3/t27-,28-,29+,30+,31+,32+,33?,34+,37+,38+,39+,40+/m1/s1. The lowest BCUT2D eigenvalue weighted by Gasteiger charge is -2.55. The highest BCUT2D eigenvalue weighted by molar-refractivity contribution is 5.92. The molecule has 7 aliphatic carbocycles. The number of aliphatic hydroxyl groups excluding tert-OH is 1. The first-order valence-corrected chi connectivity index (χ1v) is 18.1. The number of aryl methyl sites for hydroxylation is 1. The second-order valence-corrected chi connectivity index (χ2v) is 16.8. The summed E-state index contributed by atoms with van der Waals surface area (Å²) in [5.74, 6) is 4.98. The van der Waals surface area contributed by atoms with E-state index in [0.717, 1.165) is 87.3 Å². The van der Waals surface area contributed by atoms with Crippen LogP contribution >= 0.6 is 0 Å². The molecule has 1 aromatic rings. The molecule has 6 heteroatoms. The van der Waals surface area contributed by atoms with Crippen LogP contribution in [0.5, 0.6) is 5.75 Å². The first-order chi connectivity index (χ1) is 22.0. The number of phenols is 1. The van der Waals surface area contributed by atoms with Crippen LogP contribution in [0.1, 0.15) is 114 Å². The van der Waals surface area contributed by atoms with Crippen LogP contribution in [0.25, 0.3) is 0 Å². The average molecular weight is 627 g/mol. The second kappa shape index (κ2) is 10.7. The number of ketones is 1. The minimum atomic E-state index is -1.07. The zero-order valence-electron chi connectivity index (χ0n) is 27.5. The number of rotatable bonds is 3. The summed E-state index contributed by atoms with van der Waals surface area (Å²) >= 11 is 0. The molecule has 246 valence electrons. The third kappa shape index (κ3) is 4.36. The van der Waals surface area contributed by atoms with Crippen molar-refractivity contribution >= 4 is 11.8 Å². The van der Waals surface area contributed by atoms with Gasteiger partial charge in [0.2, 0.25) is 0 Å². The molecule has 1 unspecified atom stereocenters. The molecule has 0 amide bonds. The number of benzene rings is 1. The van der Waals surface area contributed by atoms with Gasteiger partial charge in [0.25, 0.3) is 0 Å². The number of aromatic hydroxyl groups is 1. The van der Waals surface area contributed by atoms with Gasteiger partial charge in [0, 0.05) is 17.8 Å². The van der Waals surface area contributed by atoms with E-state index in [0.29, 0.717) is 41.9 Å². The number of fused-ring (bicyclic) bond motifs is 10. The number of carbonyl (C=O) groups excluding carboxylic acids is 2. The number of hydrogen-bond acceptors (Lipinski definition) is 6. The average Bonchev–Trinajstić information content (AvgIpc) is 3.48. The molecular weight excluding hydrogens is 576 g/mol. The second-order valence-electron chi connectivity index (χ2n) is 16.8. The first kappa shape index (κ1) is 30.7. The molecule has 0 aliphatic heterocycles. The third-order valence-electron chi connectivity index (χ3n) is 15.1. The molecule has 12 atom stereocenters. The topological polar surface area (TPSA) is 104 Å². The molecule has 1 aromatic carbocycles. The first-order valence-electron chi connectivity index (χ1n) is 18.1. The Kier molecular flexibility index (Phi) is 7.14. The number of ether oxygens (including phenoxy) is 1. The van der Waals surface area contributed by atoms with E-state index in [-0.39, 0.29) is 53.2 Å². The SMILES string of the molecule is C#C[C@]1(O)CC[C@H]2[C@@H]3CCC4=CC(=O)CC(OC(=O)Cc5cc(O)cc6c5[C@H]5CC[C@]7(C)[C@@H](O)CC[C@H]7[C@@H]5CC6)[C@@H]4[C@H]3CC[C@@]21C. The van der Waals surface area contributed by atoms with Crippen molar-refractivity contribution in [3.05, 3.63) is 40.5 Å². The Morgan fingerprint density at radius 1 is 0.978 bits per heavy atom. The van der Waals surface area contributed by atoms with Gasteiger partial charge in [0.05, 0.1) is 12.5 Å². The van der Waals surface area contributed by atoms with Gasteiger partial charge in [-0.05, 0) is 153 Å². The zero-order valence-corrected chi connectivity index (χ0v) is 27.5. The Hall–Kier alpha value is -2.62. The van der Waals surface area contributed by atoms with E-state index < -0.39 is 11.7 Å². The monoisotopic (exact) mass is 626 g/mol. The number of esters is 1. The fourth-order valence-electron chi connectivity index (χ4n) is 12.9. The van der Waals surface area contributed by atoms with Crippen LogP contribution in [0.15, 0.2) is 23.8 Å². The maximum Gasteiger partial charge on any atom is 0.310 e. The van der Waals surface area contributed by atoms with Crippen molar-refractivity contribution in [1.29, 1.82) is 0 Å². The van der Waals surface area contributed by atoms with Crippen molar-refractivity contribution in [3.8, 4) is 18.1 Å². The molecule has 6 nitrogen and oxygen atoms in total. The van der Waals surface area contributed by atoms with Crippen molar-refractivity contribution in [2.24, 2.45) is 46.3 Å². The number of phenolic OH excluding ortho intramolecular Hbond substituents is 1. The van der Waals surface area contributed by atoms with Crippen LogP contribution < -0.4 is 0 Å². The maximum absolute atomic E-state index is 13.9. The highest BCUT2D eigenvalue weighted by Crippen LogP contribution is 2.65. The number of aliphatic hydroxyl groups is 2. The van der Waals surface area contributed by atoms with E-state index in [1.165, 1.54) is 5.56 Å². The minimum absolute atomic E-state index is 0.0248. The molecule has 3 N–H and O–H groups in total. The number of carbonyl (C=O) groups is 2. The summed E-state index contributed by atoms with van der Waals surface area (Å²) in [6.45, 7) is 4.45. The van der Waals surface area contributed by atoms with Crippen molar-refractivity contribution in [3.63, 3.8) is 0 Å². The minimum Gasteiger partial charge on any atom is -0.508 e. The lowest BCUT2D eigenvalue weighted by atomic mass is 9.50. The summed E-state index contributed by atoms with van der Waals surface area (Å²) in [6.07, 6.45) is 18.2. The van der Waals surface area contributed by atoms with E-state index >= 15 is 0 Å². The molecule has 5 saturated carbocycles. The van der Waals surface area contributed by atoms with Gasteiger partial charge in [-0.25, -0.2) is 0 Å². The van der Waals surface area contributed by atoms with Gasteiger partial charge in [-0.1, -0.05) is 25.3 Å². The van der Waals surface area contributed by atoms with E-state index in [1.807, 2.05) is 12.1 Å². The van der Waals surface area contributed by atoms with Crippen molar-refractivity contribution in [2.75, 3.05) is 0 Å². The molecule has 0 saturated heterocycles. The van der Waals surface area contributed by atoms with E-state index in [2.05, 4.69) is 19.8 Å². The van der Waals surface area contributed by atoms with Gasteiger partial charge < -0.3 is 20.1 Å². The van der Waals surface area contributed by atoms with Crippen molar-refractivity contribution in [2.45, 2.75) is 127 Å². The van der Waals surface area contributed by atoms with Gasteiger partial charge in [-0.3, -0.25) is 9.59 Å². The Bertz CT molecular complexity index is 1540. The van der Waals surface area contributed by atoms with Crippen LogP contribution in [-0.2, 0) is 27.2 Å². The smallest absolute Gasteiger partial charge is 0.310 e. The summed E-state index contributed by atoms with van der Waals surface area (Å²) in [5, 5.41) is 33.0. The quantitative estimate of drug-likeness (QED) is 0.274. The molecule has 0 aromatic heterocycles. The normalized spacial score (nSPS) is 45.6. The lowest BCUT2D eigenvalue weighted by Crippen LogP contribution is -2.54. The van der Waals surface area contributed by atoms with Gasteiger partial charge in [-0.2, -0.15) is 0 Å². The molecule has 0 radical (unpaired) electrons. The molecule has 8 rings (SSSR count). The summed E-state index contributed by atoms with van der Waals surface area (Å²) in [6, 6.07) is 3.65. The van der Waals surface area contributed by atoms with Gasteiger partial charge in [0.1, 0.15) is 17.5 Å². The summed E-state index contributed by atoms with van der Waals surface area (Å²) in [7, 11) is 0. The Labute approximate surface area is 273 Å². The summed E-state index contributed by atoms with van der Waals surface area (Å²) in [4.78, 5) is 26.8. The molecule has 0 bridgehead atoms. The number of hydrogen-bond donors (Lipinski definition) is 3. The maximum atomic E-state index is 13.9. The number of terminal acetylenes is 1. The molecular formula is C40H50O6. The van der Waals surface area contributed by atoms with Crippen LogP contribution in [0, 0.1) is 58.7 Å². The van der Waals surface area contributed by atoms with E-state index in [4.69, 9.17) is 11.2 Å². The van der Waals surface area contributed by atoms with Gasteiger partial charge >= 0.3 is 5.97 Å². The molecule has 0 heterocycles. The molecule has 46 heavy (non-hydrogen) atoms. The highest BCUT2D eigenvalue weighted by atomic mass is 16.5. The summed E-state index contributed by atoms with van der Waals surface area (Å²) < 4.78 is 6.35. The van der Waals surface area contributed by atoms with Crippen molar-refractivity contribution < 1.29 is 29.6 Å². The summed E-state index contributed by atoms with van der Waals surface area (Å²) in [5.41, 5.74) is 2.96. The zero-order chi connectivity index (χ0) is 32.2. The molecule has 5 fully saturated rings. The van der Waals surface area contributed by atoms with Crippen LogP contribution in [0.2, 0.25) is 0 Å². The predicted molar refractivity (Wildman–Crippen MR) is 174 cm³/mol. The van der Waals surface area contributed by atoms with Gasteiger partial charge in [-0.15, -0.1) is 6.42 Å². The Balaban J connectivity index is 1.04. The Morgan fingerprint density at radius 3 is 2.59 bits per heavy atom. The van der Waals surface area contributed by atoms with Crippen LogP contribution in [-0.4, -0.2) is 44.9 Å². The lowest BCUT2D eigenvalue weighted by molar-refractivity contribution is -0.157. The van der Waals surface area contributed by atoms with E-state index in [1.54, 1.807) is 6.07 Å². The Morgan fingerprint density at radius 2 is 1.78 bits per heavy atom. The largest absolute Gasteiger partial charge is 0.508 e. The molecule has 7 aliphatic rings. The fraction of sp³-hybridized carbons (Fsp3) is 0.700. The highest BCUT2D eigenvalue weighted by Gasteiger charge is 2.63. The fourth-order valence-corrected chi connectivity index (χ4v) is 12.9. The van der Waals surface area contributed by atoms with Gasteiger partial charge in [0.15, 0.2) is 5.78 Å². The van der Waals surface area contributed by atoms with Crippen LogP contribution in [0.4, 0.5) is 0 Å².